The van der Waals surface area contributed by atoms with Gasteiger partial charge in [-0.1, -0.05) is 86.5 Å². The Bertz CT molecular complexity index is 173. The lowest BCUT2D eigenvalue weighted by Crippen LogP contribution is -2.14. The van der Waals surface area contributed by atoms with E-state index in [1.54, 1.807) is 0 Å². The number of hydrogen-bond acceptors (Lipinski definition) is 0. The molecule has 0 radical (unpaired) electrons. The maximum absolute atomic E-state index is 2.46. The van der Waals surface area contributed by atoms with Crippen LogP contribution in [0.1, 0.15) is 92.9 Å². The molecule has 0 aromatic rings. The second kappa shape index (κ2) is 10.9. The van der Waals surface area contributed by atoms with Crippen molar-refractivity contribution in [2.75, 3.05) is 0 Å². The quantitative estimate of drug-likeness (QED) is 0.360. The average Bonchev–Trinajstić information content (AvgIpc) is 2.40. The summed E-state index contributed by atoms with van der Waals surface area (Å²) in [5, 5.41) is 0. The maximum Gasteiger partial charge on any atom is -0.0386 e. The summed E-state index contributed by atoms with van der Waals surface area (Å²) in [5.74, 6) is 3.74. The Balaban J connectivity index is 3.93. The normalized spacial score (nSPS) is 18.3. The number of rotatable bonds is 11. The van der Waals surface area contributed by atoms with Crippen molar-refractivity contribution >= 4 is 0 Å². The third kappa shape index (κ3) is 8.16. The number of unbranched alkanes of at least 4 members (excludes halogenated alkanes) is 1. The molecule has 0 amide bonds. The topological polar surface area (TPSA) is 0 Å². The first-order valence-electron chi connectivity index (χ1n) is 8.54. The first-order chi connectivity index (χ1) is 8.54. The van der Waals surface area contributed by atoms with Crippen molar-refractivity contribution in [2.24, 2.45) is 23.7 Å². The Hall–Kier alpha value is 0. The van der Waals surface area contributed by atoms with Gasteiger partial charge in [0, 0.05) is 0 Å². The molecule has 0 N–H and O–H groups in total. The van der Waals surface area contributed by atoms with Crippen LogP contribution in [0.2, 0.25) is 0 Å². The Kier molecular flexibility index (Phi) is 10.9. The molecule has 4 atom stereocenters. The monoisotopic (exact) mass is 254 g/mol. The van der Waals surface area contributed by atoms with Crippen molar-refractivity contribution in [3.63, 3.8) is 0 Å². The summed E-state index contributed by atoms with van der Waals surface area (Å²) < 4.78 is 0. The van der Waals surface area contributed by atoms with Gasteiger partial charge in [-0.3, -0.25) is 0 Å². The van der Waals surface area contributed by atoms with Crippen LogP contribution >= 0.6 is 0 Å². The van der Waals surface area contributed by atoms with Gasteiger partial charge in [0.2, 0.25) is 0 Å². The van der Waals surface area contributed by atoms with Crippen LogP contribution < -0.4 is 0 Å². The minimum Gasteiger partial charge on any atom is -0.0651 e. The standard InChI is InChI=1S/C18H38/c1-7-15(4)12-10-11-13-18(17(6)9-3)14-16(5)8-2/h15-18H,7-14H2,1-6H3. The first kappa shape index (κ1) is 18.0. The second-order valence-corrected chi connectivity index (χ2v) is 6.69. The third-order valence-electron chi connectivity index (χ3n) is 5.07. The van der Waals surface area contributed by atoms with Gasteiger partial charge in [0.05, 0.1) is 0 Å². The van der Waals surface area contributed by atoms with Gasteiger partial charge in [0.1, 0.15) is 0 Å². The largest absolute Gasteiger partial charge is 0.0651 e. The van der Waals surface area contributed by atoms with Gasteiger partial charge in [-0.25, -0.2) is 0 Å². The molecule has 4 unspecified atom stereocenters. The maximum atomic E-state index is 2.46. The molecule has 0 aromatic carbocycles. The van der Waals surface area contributed by atoms with Crippen LogP contribution in [0.5, 0.6) is 0 Å². The van der Waals surface area contributed by atoms with Crippen LogP contribution in [0, 0.1) is 23.7 Å². The van der Waals surface area contributed by atoms with Gasteiger partial charge in [-0.05, 0) is 30.1 Å². The summed E-state index contributed by atoms with van der Waals surface area (Å²) in [6.07, 6.45) is 11.3. The molecule has 0 aliphatic rings. The fourth-order valence-electron chi connectivity index (χ4n) is 2.75. The first-order valence-corrected chi connectivity index (χ1v) is 8.54. The Morgan fingerprint density at radius 3 is 1.72 bits per heavy atom. The molecule has 0 saturated carbocycles. The van der Waals surface area contributed by atoms with Gasteiger partial charge in [0.25, 0.3) is 0 Å². The SMILES string of the molecule is CCC(C)CCCCC(CC(C)CC)C(C)CC. The molecular weight excluding hydrogens is 216 g/mol. The molecule has 0 rings (SSSR count). The highest BCUT2D eigenvalue weighted by Gasteiger charge is 2.17. The zero-order chi connectivity index (χ0) is 14.0. The molecule has 0 aromatic heterocycles. The molecule has 0 fully saturated rings. The summed E-state index contributed by atoms with van der Waals surface area (Å²) in [7, 11) is 0. The zero-order valence-corrected chi connectivity index (χ0v) is 14.0. The summed E-state index contributed by atoms with van der Waals surface area (Å²) in [5.41, 5.74) is 0. The third-order valence-corrected chi connectivity index (χ3v) is 5.07. The summed E-state index contributed by atoms with van der Waals surface area (Å²) >= 11 is 0. The zero-order valence-electron chi connectivity index (χ0n) is 14.0. The van der Waals surface area contributed by atoms with E-state index in [1.165, 1.54) is 51.4 Å². The van der Waals surface area contributed by atoms with E-state index in [4.69, 9.17) is 0 Å². The molecule has 110 valence electrons. The second-order valence-electron chi connectivity index (χ2n) is 6.69. The van der Waals surface area contributed by atoms with Crippen molar-refractivity contribution in [3.05, 3.63) is 0 Å². The van der Waals surface area contributed by atoms with Crippen LogP contribution in [-0.4, -0.2) is 0 Å². The fraction of sp³-hybridized carbons (Fsp3) is 1.00. The fourth-order valence-corrected chi connectivity index (χ4v) is 2.75. The molecule has 0 aliphatic heterocycles. The lowest BCUT2D eigenvalue weighted by molar-refractivity contribution is 0.256. The van der Waals surface area contributed by atoms with Crippen molar-refractivity contribution in [1.82, 2.24) is 0 Å². The van der Waals surface area contributed by atoms with E-state index in [1.807, 2.05) is 0 Å². The molecule has 0 saturated heterocycles. The van der Waals surface area contributed by atoms with Crippen molar-refractivity contribution in [1.29, 1.82) is 0 Å². The van der Waals surface area contributed by atoms with E-state index in [-0.39, 0.29) is 0 Å². The Morgan fingerprint density at radius 2 is 1.22 bits per heavy atom. The predicted octanol–water partition coefficient (Wildman–Crippen LogP) is 6.69. The van der Waals surface area contributed by atoms with Gasteiger partial charge in [-0.15, -0.1) is 0 Å². The van der Waals surface area contributed by atoms with Crippen LogP contribution in [0.3, 0.4) is 0 Å². The summed E-state index contributed by atoms with van der Waals surface area (Å²) in [6, 6.07) is 0. The molecule has 0 nitrogen and oxygen atoms in total. The van der Waals surface area contributed by atoms with E-state index in [2.05, 4.69) is 41.5 Å². The highest BCUT2D eigenvalue weighted by Crippen LogP contribution is 2.29. The van der Waals surface area contributed by atoms with E-state index >= 15 is 0 Å². The number of hydrogen-bond donors (Lipinski definition) is 0. The molecule has 0 heterocycles. The minimum atomic E-state index is 0.915. The van der Waals surface area contributed by atoms with Gasteiger partial charge >= 0.3 is 0 Å². The Labute approximate surface area is 117 Å². The smallest absolute Gasteiger partial charge is 0.0386 e. The van der Waals surface area contributed by atoms with E-state index in [9.17, 15) is 0 Å². The van der Waals surface area contributed by atoms with Crippen LogP contribution in [0.15, 0.2) is 0 Å². The molecule has 18 heavy (non-hydrogen) atoms. The van der Waals surface area contributed by atoms with E-state index in [0.29, 0.717) is 0 Å². The molecule has 0 heteroatoms. The van der Waals surface area contributed by atoms with Crippen molar-refractivity contribution in [2.45, 2.75) is 92.9 Å². The van der Waals surface area contributed by atoms with Gasteiger partial charge < -0.3 is 0 Å². The minimum absolute atomic E-state index is 0.915. The van der Waals surface area contributed by atoms with Crippen LogP contribution in [-0.2, 0) is 0 Å². The highest BCUT2D eigenvalue weighted by atomic mass is 14.2. The van der Waals surface area contributed by atoms with Crippen LogP contribution in [0.25, 0.3) is 0 Å². The molecule has 0 bridgehead atoms. The molecular formula is C18H38. The van der Waals surface area contributed by atoms with E-state index in [0.717, 1.165) is 23.7 Å². The van der Waals surface area contributed by atoms with Crippen molar-refractivity contribution < 1.29 is 0 Å². The Morgan fingerprint density at radius 1 is 0.667 bits per heavy atom. The van der Waals surface area contributed by atoms with Crippen molar-refractivity contribution in [3.8, 4) is 0 Å². The van der Waals surface area contributed by atoms with Crippen LogP contribution in [0.4, 0.5) is 0 Å². The lowest BCUT2D eigenvalue weighted by atomic mass is 9.80. The van der Waals surface area contributed by atoms with Gasteiger partial charge in [0.15, 0.2) is 0 Å². The summed E-state index contributed by atoms with van der Waals surface area (Å²) in [4.78, 5) is 0. The molecule has 0 aliphatic carbocycles. The predicted molar refractivity (Wildman–Crippen MR) is 84.9 cm³/mol. The lowest BCUT2D eigenvalue weighted by Gasteiger charge is -2.26. The average molecular weight is 255 g/mol. The highest BCUT2D eigenvalue weighted by molar-refractivity contribution is 4.69. The van der Waals surface area contributed by atoms with Gasteiger partial charge in [-0.2, -0.15) is 0 Å². The summed E-state index contributed by atoms with van der Waals surface area (Å²) in [6.45, 7) is 14.3. The molecule has 0 spiro atoms. The van der Waals surface area contributed by atoms with E-state index < -0.39 is 0 Å².